The van der Waals surface area contributed by atoms with Crippen molar-refractivity contribution in [2.45, 2.75) is 31.4 Å². The Morgan fingerprint density at radius 2 is 2.18 bits per heavy atom. The lowest BCUT2D eigenvalue weighted by atomic mass is 9.77. The number of hydrogen-bond donors (Lipinski definition) is 2. The summed E-state index contributed by atoms with van der Waals surface area (Å²) in [6.45, 7) is 1.77. The number of fused-ring (bicyclic) bond motifs is 1. The molecule has 0 spiro atoms. The molecule has 0 unspecified atom stereocenters. The molecule has 0 amide bonds. The van der Waals surface area contributed by atoms with Crippen LogP contribution >= 0.6 is 0 Å². The molecule has 0 saturated heterocycles. The first-order chi connectivity index (χ1) is 7.96. The maximum Gasteiger partial charge on any atom is 0.152 e. The minimum atomic E-state index is -0.658. The summed E-state index contributed by atoms with van der Waals surface area (Å²) in [4.78, 5) is 4.07. The van der Waals surface area contributed by atoms with Gasteiger partial charge in [-0.05, 0) is 19.8 Å². The van der Waals surface area contributed by atoms with Gasteiger partial charge in [-0.2, -0.15) is 0 Å². The van der Waals surface area contributed by atoms with Crippen LogP contribution in [0.1, 0.15) is 25.8 Å². The molecule has 1 saturated carbocycles. The quantitative estimate of drug-likeness (QED) is 0.795. The minimum absolute atomic E-state index is 0.0778. The van der Waals surface area contributed by atoms with Gasteiger partial charge in [-0.25, -0.2) is 9.37 Å². The van der Waals surface area contributed by atoms with Crippen LogP contribution in [0, 0.1) is 5.82 Å². The molecule has 90 valence electrons. The number of rotatable bonds is 1. The van der Waals surface area contributed by atoms with Crippen molar-refractivity contribution >= 4 is 11.0 Å². The van der Waals surface area contributed by atoms with Gasteiger partial charge in [0.2, 0.25) is 0 Å². The number of hydrogen-bond acceptors (Lipinski definition) is 3. The van der Waals surface area contributed by atoms with Crippen molar-refractivity contribution in [3.8, 4) is 5.75 Å². The van der Waals surface area contributed by atoms with E-state index in [1.807, 2.05) is 0 Å². The number of aromatic nitrogens is 2. The molecule has 0 atom stereocenters. The number of nitrogens with zero attached hydrogens (tertiary/aromatic N) is 2. The molecule has 0 radical (unpaired) electrons. The van der Waals surface area contributed by atoms with Gasteiger partial charge in [0.05, 0.1) is 17.4 Å². The molecule has 0 aliphatic heterocycles. The van der Waals surface area contributed by atoms with Crippen molar-refractivity contribution in [3.05, 3.63) is 24.3 Å². The maximum absolute atomic E-state index is 13.8. The van der Waals surface area contributed by atoms with Gasteiger partial charge in [0.15, 0.2) is 5.82 Å². The number of phenolic OH excluding ortho intramolecular Hbond substituents is 1. The Morgan fingerprint density at radius 1 is 1.47 bits per heavy atom. The van der Waals surface area contributed by atoms with Gasteiger partial charge >= 0.3 is 0 Å². The molecule has 0 bridgehead atoms. The fraction of sp³-hybridized carbons (Fsp3) is 0.417. The first-order valence-electron chi connectivity index (χ1n) is 5.54. The molecule has 1 aliphatic carbocycles. The van der Waals surface area contributed by atoms with Crippen molar-refractivity contribution in [2.75, 3.05) is 0 Å². The maximum atomic E-state index is 13.8. The van der Waals surface area contributed by atoms with Crippen LogP contribution in [0.3, 0.4) is 0 Å². The molecular weight excluding hydrogens is 223 g/mol. The highest BCUT2D eigenvalue weighted by atomic mass is 19.1. The van der Waals surface area contributed by atoms with Crippen LogP contribution in [0.5, 0.6) is 5.75 Å². The molecule has 1 heterocycles. The van der Waals surface area contributed by atoms with Crippen LogP contribution in [-0.2, 0) is 0 Å². The Labute approximate surface area is 97.3 Å². The Morgan fingerprint density at radius 3 is 2.82 bits per heavy atom. The van der Waals surface area contributed by atoms with Crippen molar-refractivity contribution in [1.82, 2.24) is 9.55 Å². The van der Waals surface area contributed by atoms with Crippen LogP contribution in [0.25, 0.3) is 11.0 Å². The summed E-state index contributed by atoms with van der Waals surface area (Å²) in [7, 11) is 0. The zero-order chi connectivity index (χ0) is 12.2. The first kappa shape index (κ1) is 10.5. The van der Waals surface area contributed by atoms with E-state index >= 15 is 0 Å². The fourth-order valence-electron chi connectivity index (χ4n) is 2.54. The summed E-state index contributed by atoms with van der Waals surface area (Å²) in [5, 5.41) is 19.0. The average Bonchev–Trinajstić information content (AvgIpc) is 2.57. The number of benzene rings is 1. The Bertz CT molecular complexity index is 583. The lowest BCUT2D eigenvalue weighted by Gasteiger charge is -2.41. The fourth-order valence-corrected chi connectivity index (χ4v) is 2.54. The van der Waals surface area contributed by atoms with E-state index in [1.165, 1.54) is 6.07 Å². The molecular formula is C12H13FN2O2. The van der Waals surface area contributed by atoms with Gasteiger partial charge in [0, 0.05) is 18.2 Å². The molecule has 3 rings (SSSR count). The lowest BCUT2D eigenvalue weighted by Crippen LogP contribution is -2.41. The van der Waals surface area contributed by atoms with Crippen molar-refractivity contribution in [3.63, 3.8) is 0 Å². The average molecular weight is 236 g/mol. The SMILES string of the molecule is CC1(O)CC(n2cnc3cc(O)cc(F)c32)C1. The molecule has 1 fully saturated rings. The normalized spacial score (nSPS) is 28.3. The van der Waals surface area contributed by atoms with E-state index < -0.39 is 11.4 Å². The third-order valence-electron chi connectivity index (χ3n) is 3.35. The zero-order valence-electron chi connectivity index (χ0n) is 9.39. The topological polar surface area (TPSA) is 58.3 Å². The second-order valence-corrected chi connectivity index (χ2v) is 5.01. The van der Waals surface area contributed by atoms with Crippen LogP contribution in [-0.4, -0.2) is 25.4 Å². The van der Waals surface area contributed by atoms with Gasteiger partial charge in [-0.15, -0.1) is 0 Å². The van der Waals surface area contributed by atoms with E-state index in [9.17, 15) is 14.6 Å². The second-order valence-electron chi connectivity index (χ2n) is 5.01. The molecule has 1 aliphatic rings. The van der Waals surface area contributed by atoms with Crippen LogP contribution in [0.15, 0.2) is 18.5 Å². The summed E-state index contributed by atoms with van der Waals surface area (Å²) < 4.78 is 15.5. The van der Waals surface area contributed by atoms with Crippen molar-refractivity contribution in [1.29, 1.82) is 0 Å². The van der Waals surface area contributed by atoms with E-state index in [4.69, 9.17) is 0 Å². The Hall–Kier alpha value is -1.62. The third kappa shape index (κ3) is 1.58. The van der Waals surface area contributed by atoms with Crippen molar-refractivity contribution < 1.29 is 14.6 Å². The number of aliphatic hydroxyl groups is 1. The minimum Gasteiger partial charge on any atom is -0.508 e. The molecule has 2 aromatic rings. The number of aromatic hydroxyl groups is 1. The van der Waals surface area contributed by atoms with Gasteiger partial charge in [-0.3, -0.25) is 0 Å². The highest BCUT2D eigenvalue weighted by Gasteiger charge is 2.40. The second kappa shape index (κ2) is 3.20. The molecule has 1 aromatic carbocycles. The molecule has 5 heteroatoms. The summed E-state index contributed by atoms with van der Waals surface area (Å²) >= 11 is 0. The smallest absolute Gasteiger partial charge is 0.152 e. The predicted molar refractivity (Wildman–Crippen MR) is 60.3 cm³/mol. The van der Waals surface area contributed by atoms with Crippen LogP contribution in [0.4, 0.5) is 4.39 Å². The van der Waals surface area contributed by atoms with Gasteiger partial charge in [0.25, 0.3) is 0 Å². The summed E-state index contributed by atoms with van der Waals surface area (Å²) in [6, 6.07) is 2.59. The van der Waals surface area contributed by atoms with Gasteiger partial charge in [-0.1, -0.05) is 0 Å². The highest BCUT2D eigenvalue weighted by molar-refractivity contribution is 5.77. The van der Waals surface area contributed by atoms with Crippen LogP contribution in [0.2, 0.25) is 0 Å². The zero-order valence-corrected chi connectivity index (χ0v) is 9.39. The van der Waals surface area contributed by atoms with Gasteiger partial charge in [0.1, 0.15) is 11.3 Å². The largest absolute Gasteiger partial charge is 0.508 e. The monoisotopic (exact) mass is 236 g/mol. The number of halogens is 1. The van der Waals surface area contributed by atoms with E-state index in [-0.39, 0.29) is 11.8 Å². The van der Waals surface area contributed by atoms with E-state index in [0.717, 1.165) is 6.07 Å². The Kier molecular flexibility index (Phi) is 1.98. The summed E-state index contributed by atoms with van der Waals surface area (Å²) in [6.07, 6.45) is 2.75. The molecule has 4 nitrogen and oxygen atoms in total. The molecule has 2 N–H and O–H groups in total. The predicted octanol–water partition coefficient (Wildman–Crippen LogP) is 1.97. The van der Waals surface area contributed by atoms with Crippen molar-refractivity contribution in [2.24, 2.45) is 0 Å². The van der Waals surface area contributed by atoms with E-state index in [0.29, 0.717) is 23.9 Å². The summed E-state index contributed by atoms with van der Waals surface area (Å²) in [5.74, 6) is -0.607. The molecule has 17 heavy (non-hydrogen) atoms. The molecule has 1 aromatic heterocycles. The van der Waals surface area contributed by atoms with E-state index in [2.05, 4.69) is 4.98 Å². The van der Waals surface area contributed by atoms with Gasteiger partial charge < -0.3 is 14.8 Å². The first-order valence-corrected chi connectivity index (χ1v) is 5.54. The lowest BCUT2D eigenvalue weighted by molar-refractivity contribution is -0.0499. The van der Waals surface area contributed by atoms with Crippen LogP contribution < -0.4 is 0 Å². The third-order valence-corrected chi connectivity index (χ3v) is 3.35. The number of imidazole rings is 1. The number of phenols is 1. The summed E-state index contributed by atoms with van der Waals surface area (Å²) in [5.41, 5.74) is 0.173. The van der Waals surface area contributed by atoms with E-state index in [1.54, 1.807) is 17.8 Å². The standard InChI is InChI=1S/C12H13FN2O2/c1-12(17)4-7(5-12)15-6-14-10-3-8(16)2-9(13)11(10)15/h2-3,6-7,16-17H,4-5H2,1H3. The highest BCUT2D eigenvalue weighted by Crippen LogP contribution is 2.42. The Balaban J connectivity index is 2.07.